The number of aliphatic hydroxyl groups excluding tert-OH is 1. The maximum absolute atomic E-state index is 14.1. The molecule has 2 aromatic rings. The molecule has 2 unspecified atom stereocenters. The van der Waals surface area contributed by atoms with Crippen LogP contribution in [0.4, 0.5) is 0 Å². The first-order valence-electron chi connectivity index (χ1n) is 19.2. The van der Waals surface area contributed by atoms with Crippen LogP contribution >= 0.6 is 11.8 Å². The van der Waals surface area contributed by atoms with E-state index in [1.54, 1.807) is 13.2 Å². The number of ketones is 4. The van der Waals surface area contributed by atoms with Crippen molar-refractivity contribution in [3.05, 3.63) is 51.6 Å². The molecule has 316 valence electrons. The molecule has 0 saturated carbocycles. The Morgan fingerprint density at radius 3 is 2.46 bits per heavy atom. The van der Waals surface area contributed by atoms with Gasteiger partial charge in [-0.15, -0.1) is 0 Å². The summed E-state index contributed by atoms with van der Waals surface area (Å²) in [5.41, 5.74) is -3.95. The number of phenolic OH excluding ortho intramolecular Hbond substituents is 2. The molecule has 18 nitrogen and oxygen atoms in total. The number of methoxy groups -OCH3 is 2. The molecular weight excluding hydrogens is 797 g/mol. The van der Waals surface area contributed by atoms with Gasteiger partial charge in [0.1, 0.15) is 35.6 Å². The zero-order chi connectivity index (χ0) is 42.2. The van der Waals surface area contributed by atoms with Crippen molar-refractivity contribution >= 4 is 46.7 Å². The first-order chi connectivity index (χ1) is 28.2. The molecule has 0 spiro atoms. The second-order valence-electron chi connectivity index (χ2n) is 15.6. The quantitative estimate of drug-likeness (QED) is 0.152. The molecule has 4 heterocycles. The topological polar surface area (TPSA) is 245 Å². The number of Topliss-reactive ketones (excluding diaryl/α,β-unsaturated/α-hetero) is 2. The highest BCUT2D eigenvalue weighted by molar-refractivity contribution is 8.00. The van der Waals surface area contributed by atoms with E-state index < -0.39 is 131 Å². The van der Waals surface area contributed by atoms with Gasteiger partial charge in [0, 0.05) is 68.0 Å². The van der Waals surface area contributed by atoms with Gasteiger partial charge >= 0.3 is 0 Å². The standard InChI is InChI=1S/C40H44N2O16S/c1-16-36-21(42-17(15-55-39(54-3)38(42)58-36)8-18(44)13-41-26(46)10-24(59-4)37(41)51)9-27(56-16)57-23-12-40(52,25(45)14-43)11-20-29(23)35(50)31-30(33(20)48)32(47)19-6-5-7-22(53-2)28(19)34(31)49/h5-7,16-17,21,23-24,27,36,38-39,43,48,50,52H,8-15H2,1-4H3/t16-,17?,21-,23-,24?,27-,36+,38+,39-,40-/m0/s1. The molecule has 2 aromatic carbocycles. The Balaban J connectivity index is 1.11. The lowest BCUT2D eigenvalue weighted by atomic mass is 9.72. The number of ether oxygens (including phenoxy) is 6. The SMILES string of the molecule is COc1cccc2c1C(=O)c1c(O)c3c(c(O)c1C2=O)C[C@@](O)(C(=O)CO)C[C@@H]3O[C@H]1C[C@H]2[C@H](O[C@@H]3[C@@H](OC)OCC(CC(=O)CN4C(=O)CC(SC)C4=O)N32)[C@H](C)O1. The van der Waals surface area contributed by atoms with Crippen LogP contribution in [0.2, 0.25) is 0 Å². The number of rotatable bonds is 11. The van der Waals surface area contributed by atoms with Crippen LogP contribution in [0.5, 0.6) is 17.2 Å². The number of carbonyl (C=O) groups is 6. The van der Waals surface area contributed by atoms with Crippen molar-refractivity contribution in [1.82, 2.24) is 9.80 Å². The van der Waals surface area contributed by atoms with E-state index in [1.807, 2.05) is 4.90 Å². The molecule has 4 N–H and O–H groups in total. The Morgan fingerprint density at radius 2 is 1.78 bits per heavy atom. The minimum absolute atomic E-state index is 0.0223. The third-order valence-corrected chi connectivity index (χ3v) is 13.2. The van der Waals surface area contributed by atoms with Gasteiger partial charge in [-0.25, -0.2) is 0 Å². The first-order valence-corrected chi connectivity index (χ1v) is 20.4. The summed E-state index contributed by atoms with van der Waals surface area (Å²) in [5, 5.41) is 44.7. The van der Waals surface area contributed by atoms with Crippen molar-refractivity contribution in [2.24, 2.45) is 0 Å². The van der Waals surface area contributed by atoms with Gasteiger partial charge in [0.2, 0.25) is 17.6 Å². The highest BCUT2D eigenvalue weighted by Crippen LogP contribution is 2.53. The van der Waals surface area contributed by atoms with Gasteiger partial charge in [0.15, 0.2) is 36.2 Å². The van der Waals surface area contributed by atoms with Crippen LogP contribution in [0.25, 0.3) is 0 Å². The van der Waals surface area contributed by atoms with E-state index >= 15 is 0 Å². The number of morpholine rings is 1. The predicted octanol–water partition coefficient (Wildman–Crippen LogP) is 0.530. The molecule has 2 amide bonds. The van der Waals surface area contributed by atoms with E-state index in [0.717, 1.165) is 4.90 Å². The Labute approximate surface area is 341 Å². The number of thioether (sulfide) groups is 1. The zero-order valence-corrected chi connectivity index (χ0v) is 33.4. The Hall–Kier alpha value is -4.31. The summed E-state index contributed by atoms with van der Waals surface area (Å²) < 4.78 is 36.1. The normalized spacial score (nSPS) is 32.6. The predicted molar refractivity (Wildman–Crippen MR) is 201 cm³/mol. The number of likely N-dealkylation sites (tertiary alicyclic amines) is 1. The van der Waals surface area contributed by atoms with E-state index in [0.29, 0.717) is 0 Å². The van der Waals surface area contributed by atoms with Gasteiger partial charge in [-0.2, -0.15) is 11.8 Å². The van der Waals surface area contributed by atoms with Crippen LogP contribution in [0.1, 0.15) is 81.7 Å². The second kappa shape index (κ2) is 15.6. The number of hydrogen-bond donors (Lipinski definition) is 4. The first kappa shape index (κ1) is 41.4. The number of imide groups is 1. The third kappa shape index (κ3) is 6.67. The van der Waals surface area contributed by atoms with Crippen LogP contribution in [0.15, 0.2) is 18.2 Å². The second-order valence-corrected chi connectivity index (χ2v) is 16.6. The van der Waals surface area contributed by atoms with Crippen molar-refractivity contribution in [3.8, 4) is 17.2 Å². The summed E-state index contributed by atoms with van der Waals surface area (Å²) in [5.74, 6) is -5.19. The highest BCUT2D eigenvalue weighted by Gasteiger charge is 2.57. The summed E-state index contributed by atoms with van der Waals surface area (Å²) in [4.78, 5) is 82.8. The molecule has 10 atom stereocenters. The number of fused-ring (bicyclic) bond motifs is 6. The molecule has 19 heteroatoms. The molecule has 4 fully saturated rings. The molecule has 0 aromatic heterocycles. The summed E-state index contributed by atoms with van der Waals surface area (Å²) in [7, 11) is 2.76. The lowest BCUT2D eigenvalue weighted by molar-refractivity contribution is -0.262. The monoisotopic (exact) mass is 840 g/mol. The minimum atomic E-state index is -2.34. The van der Waals surface area contributed by atoms with Crippen LogP contribution < -0.4 is 4.74 Å². The van der Waals surface area contributed by atoms with Crippen molar-refractivity contribution in [1.29, 1.82) is 0 Å². The van der Waals surface area contributed by atoms with Crippen molar-refractivity contribution < 1.29 is 77.6 Å². The molecule has 6 aliphatic rings. The lowest BCUT2D eigenvalue weighted by Gasteiger charge is -2.45. The number of aliphatic hydroxyl groups is 2. The zero-order valence-electron chi connectivity index (χ0n) is 32.6. The van der Waals surface area contributed by atoms with Crippen LogP contribution in [0, 0.1) is 0 Å². The van der Waals surface area contributed by atoms with Gasteiger partial charge in [-0.1, -0.05) is 12.1 Å². The largest absolute Gasteiger partial charge is 0.507 e. The van der Waals surface area contributed by atoms with Crippen molar-refractivity contribution in [2.45, 2.75) is 99.1 Å². The maximum atomic E-state index is 14.1. The Bertz CT molecular complexity index is 2150. The number of phenols is 2. The molecule has 0 radical (unpaired) electrons. The highest BCUT2D eigenvalue weighted by atomic mass is 32.2. The smallest absolute Gasteiger partial charge is 0.243 e. The summed E-state index contributed by atoms with van der Waals surface area (Å²) in [6.45, 7) is 0.308. The van der Waals surface area contributed by atoms with E-state index in [4.69, 9.17) is 28.4 Å². The molecule has 0 bridgehead atoms. The number of nitrogens with zero attached hydrogens (tertiary/aromatic N) is 2. The summed E-state index contributed by atoms with van der Waals surface area (Å²) in [6.07, 6.45) is -5.02. The summed E-state index contributed by atoms with van der Waals surface area (Å²) >= 11 is 1.25. The van der Waals surface area contributed by atoms with Crippen molar-refractivity contribution in [3.63, 3.8) is 0 Å². The van der Waals surface area contributed by atoms with E-state index in [9.17, 15) is 49.2 Å². The number of benzene rings is 2. The van der Waals surface area contributed by atoms with E-state index in [2.05, 4.69) is 0 Å². The molecule has 4 saturated heterocycles. The van der Waals surface area contributed by atoms with Crippen LogP contribution in [0.3, 0.4) is 0 Å². The fraction of sp³-hybridized carbons (Fsp3) is 0.550. The van der Waals surface area contributed by atoms with E-state index in [1.165, 1.54) is 44.2 Å². The summed E-state index contributed by atoms with van der Waals surface area (Å²) in [6, 6.07) is 3.23. The number of hydrogen-bond acceptors (Lipinski definition) is 18. The molecular formula is C40H44N2O16S. The van der Waals surface area contributed by atoms with Gasteiger partial charge < -0.3 is 48.8 Å². The van der Waals surface area contributed by atoms with E-state index in [-0.39, 0.29) is 66.2 Å². The Morgan fingerprint density at radius 1 is 1.03 bits per heavy atom. The molecule has 8 rings (SSSR count). The third-order valence-electron chi connectivity index (χ3n) is 12.3. The average Bonchev–Trinajstić information content (AvgIpc) is 3.74. The average molecular weight is 841 g/mol. The van der Waals surface area contributed by atoms with Crippen LogP contribution in [-0.2, 0) is 49.3 Å². The number of aromatic hydroxyl groups is 2. The fourth-order valence-corrected chi connectivity index (χ4v) is 10.1. The maximum Gasteiger partial charge on any atom is 0.243 e. The molecule has 59 heavy (non-hydrogen) atoms. The Kier molecular flexibility index (Phi) is 11.0. The fourth-order valence-electron chi connectivity index (χ4n) is 9.51. The van der Waals surface area contributed by atoms with Crippen LogP contribution in [-0.4, -0.2) is 159 Å². The molecule has 2 aliphatic carbocycles. The minimum Gasteiger partial charge on any atom is -0.507 e. The van der Waals surface area contributed by atoms with Gasteiger partial charge in [0.05, 0.1) is 54.4 Å². The van der Waals surface area contributed by atoms with Gasteiger partial charge in [0.25, 0.3) is 0 Å². The van der Waals surface area contributed by atoms with Gasteiger partial charge in [-0.05, 0) is 19.2 Å². The number of carbonyl (C=O) groups excluding carboxylic acids is 6. The van der Waals surface area contributed by atoms with Crippen molar-refractivity contribution in [2.75, 3.05) is 40.2 Å². The number of amides is 2. The lowest BCUT2D eigenvalue weighted by Crippen LogP contribution is -2.60. The molecule has 4 aliphatic heterocycles. The van der Waals surface area contributed by atoms with Gasteiger partial charge in [-0.3, -0.25) is 38.6 Å².